The van der Waals surface area contributed by atoms with Crippen molar-refractivity contribution in [2.24, 2.45) is 5.73 Å². The molecule has 1 aromatic rings. The Balaban J connectivity index is 2.87. The van der Waals surface area contributed by atoms with Gasteiger partial charge in [-0.25, -0.2) is 0 Å². The zero-order valence-electron chi connectivity index (χ0n) is 8.04. The molecule has 0 bridgehead atoms. The summed E-state index contributed by atoms with van der Waals surface area (Å²) in [5.41, 5.74) is 6.41. The van der Waals surface area contributed by atoms with Gasteiger partial charge < -0.3 is 15.2 Å². The maximum atomic E-state index is 5.46. The number of nitrogens with two attached hydrogens (primary N) is 1. The lowest BCUT2D eigenvalue weighted by molar-refractivity contribution is 0.300. The number of ether oxygens (including phenoxy) is 2. The van der Waals surface area contributed by atoms with E-state index in [2.05, 4.69) is 0 Å². The summed E-state index contributed by atoms with van der Waals surface area (Å²) >= 11 is 0. The van der Waals surface area contributed by atoms with Crippen LogP contribution in [0.15, 0.2) is 18.2 Å². The van der Waals surface area contributed by atoms with Crippen LogP contribution in [0.25, 0.3) is 0 Å². The number of para-hydroxylation sites is 1. The van der Waals surface area contributed by atoms with Crippen LogP contribution in [-0.2, 0) is 0 Å². The molecule has 0 amide bonds. The van der Waals surface area contributed by atoms with Crippen molar-refractivity contribution in [2.75, 3.05) is 20.3 Å². The molecular weight excluding hydrogens is 166 g/mol. The second-order valence-electron chi connectivity index (χ2n) is 2.74. The summed E-state index contributed by atoms with van der Waals surface area (Å²) in [5.74, 6) is 1.55. The van der Waals surface area contributed by atoms with E-state index in [1.807, 2.05) is 25.1 Å². The molecule has 0 aliphatic rings. The number of hydrogen-bond donors (Lipinski definition) is 1. The molecule has 3 heteroatoms. The van der Waals surface area contributed by atoms with Crippen LogP contribution >= 0.6 is 0 Å². The third-order valence-corrected chi connectivity index (χ3v) is 1.76. The fraction of sp³-hybridized carbons (Fsp3) is 0.400. The van der Waals surface area contributed by atoms with Gasteiger partial charge in [0.25, 0.3) is 0 Å². The second kappa shape index (κ2) is 4.72. The molecule has 0 spiro atoms. The maximum Gasteiger partial charge on any atom is 0.164 e. The topological polar surface area (TPSA) is 44.5 Å². The summed E-state index contributed by atoms with van der Waals surface area (Å²) in [6, 6.07) is 5.79. The largest absolute Gasteiger partial charge is 0.493 e. The summed E-state index contributed by atoms with van der Waals surface area (Å²) in [5, 5.41) is 0. The van der Waals surface area contributed by atoms with Gasteiger partial charge in [0.05, 0.1) is 7.11 Å². The van der Waals surface area contributed by atoms with E-state index in [9.17, 15) is 0 Å². The highest BCUT2D eigenvalue weighted by Crippen LogP contribution is 2.29. The zero-order chi connectivity index (χ0) is 9.68. The van der Waals surface area contributed by atoms with Crippen molar-refractivity contribution in [1.82, 2.24) is 0 Å². The minimum absolute atomic E-state index is 0.511. The van der Waals surface area contributed by atoms with E-state index < -0.39 is 0 Å². The summed E-state index contributed by atoms with van der Waals surface area (Å²) in [6.07, 6.45) is 0. The van der Waals surface area contributed by atoms with Crippen molar-refractivity contribution < 1.29 is 9.47 Å². The number of methoxy groups -OCH3 is 1. The summed E-state index contributed by atoms with van der Waals surface area (Å²) in [4.78, 5) is 0. The second-order valence-corrected chi connectivity index (χ2v) is 2.74. The highest BCUT2D eigenvalue weighted by Gasteiger charge is 2.05. The van der Waals surface area contributed by atoms with Crippen molar-refractivity contribution in [3.63, 3.8) is 0 Å². The molecule has 1 aromatic carbocycles. The SMILES string of the molecule is COc1cccc(C)c1OCCN. The van der Waals surface area contributed by atoms with Crippen LogP contribution in [0.2, 0.25) is 0 Å². The average Bonchev–Trinajstić information content (AvgIpc) is 2.15. The highest BCUT2D eigenvalue weighted by atomic mass is 16.5. The van der Waals surface area contributed by atoms with E-state index in [-0.39, 0.29) is 0 Å². The van der Waals surface area contributed by atoms with Gasteiger partial charge >= 0.3 is 0 Å². The minimum atomic E-state index is 0.511. The van der Waals surface area contributed by atoms with Crippen LogP contribution in [0.1, 0.15) is 5.56 Å². The molecule has 0 aromatic heterocycles. The highest BCUT2D eigenvalue weighted by molar-refractivity contribution is 5.45. The lowest BCUT2D eigenvalue weighted by Gasteiger charge is -2.11. The number of aryl methyl sites for hydroxylation is 1. The Bertz CT molecular complexity index is 274. The average molecular weight is 181 g/mol. The normalized spacial score (nSPS) is 9.77. The van der Waals surface area contributed by atoms with Crippen LogP contribution in [0.5, 0.6) is 11.5 Å². The molecule has 0 radical (unpaired) electrons. The number of rotatable bonds is 4. The van der Waals surface area contributed by atoms with Gasteiger partial charge in [-0.3, -0.25) is 0 Å². The summed E-state index contributed by atoms with van der Waals surface area (Å²) < 4.78 is 10.6. The number of benzene rings is 1. The van der Waals surface area contributed by atoms with E-state index >= 15 is 0 Å². The van der Waals surface area contributed by atoms with Crippen LogP contribution in [0.3, 0.4) is 0 Å². The number of hydrogen-bond acceptors (Lipinski definition) is 3. The molecule has 0 saturated heterocycles. The van der Waals surface area contributed by atoms with Crippen LogP contribution in [0, 0.1) is 6.92 Å². The molecule has 0 fully saturated rings. The van der Waals surface area contributed by atoms with Gasteiger partial charge in [-0.05, 0) is 18.6 Å². The van der Waals surface area contributed by atoms with E-state index in [1.54, 1.807) is 7.11 Å². The van der Waals surface area contributed by atoms with Crippen molar-refractivity contribution in [1.29, 1.82) is 0 Å². The van der Waals surface area contributed by atoms with Gasteiger partial charge in [-0.1, -0.05) is 12.1 Å². The molecule has 0 aliphatic carbocycles. The van der Waals surface area contributed by atoms with Gasteiger partial charge in [-0.15, -0.1) is 0 Å². The molecule has 1 rings (SSSR count). The molecule has 2 N–H and O–H groups in total. The summed E-state index contributed by atoms with van der Waals surface area (Å²) in [6.45, 7) is 3.01. The van der Waals surface area contributed by atoms with E-state index in [1.165, 1.54) is 0 Å². The first-order chi connectivity index (χ1) is 6.29. The smallest absolute Gasteiger partial charge is 0.164 e. The van der Waals surface area contributed by atoms with Gasteiger partial charge in [0.15, 0.2) is 11.5 Å². The molecule has 0 aliphatic heterocycles. The fourth-order valence-corrected chi connectivity index (χ4v) is 1.13. The van der Waals surface area contributed by atoms with E-state index in [4.69, 9.17) is 15.2 Å². The molecule has 72 valence electrons. The Morgan fingerprint density at radius 3 is 2.77 bits per heavy atom. The van der Waals surface area contributed by atoms with Crippen molar-refractivity contribution in [3.05, 3.63) is 23.8 Å². The monoisotopic (exact) mass is 181 g/mol. The Morgan fingerprint density at radius 1 is 1.38 bits per heavy atom. The maximum absolute atomic E-state index is 5.46. The molecule has 13 heavy (non-hydrogen) atoms. The Kier molecular flexibility index (Phi) is 3.58. The molecule has 0 unspecified atom stereocenters. The van der Waals surface area contributed by atoms with Crippen molar-refractivity contribution in [3.8, 4) is 11.5 Å². The Labute approximate surface area is 78.5 Å². The first-order valence-electron chi connectivity index (χ1n) is 4.26. The fourth-order valence-electron chi connectivity index (χ4n) is 1.13. The molecule has 0 atom stereocenters. The zero-order valence-corrected chi connectivity index (χ0v) is 8.04. The van der Waals surface area contributed by atoms with E-state index in [0.717, 1.165) is 17.1 Å². The Morgan fingerprint density at radius 2 is 2.15 bits per heavy atom. The lowest BCUT2D eigenvalue weighted by atomic mass is 10.2. The van der Waals surface area contributed by atoms with Crippen molar-refractivity contribution >= 4 is 0 Å². The lowest BCUT2D eigenvalue weighted by Crippen LogP contribution is -2.11. The van der Waals surface area contributed by atoms with E-state index in [0.29, 0.717) is 13.2 Å². The summed E-state index contributed by atoms with van der Waals surface area (Å²) in [7, 11) is 1.63. The molecule has 3 nitrogen and oxygen atoms in total. The molecule has 0 saturated carbocycles. The molecule has 0 heterocycles. The first kappa shape index (κ1) is 9.86. The predicted molar refractivity (Wildman–Crippen MR) is 52.3 cm³/mol. The van der Waals surface area contributed by atoms with Gasteiger partial charge in [-0.2, -0.15) is 0 Å². The standard InChI is InChI=1S/C10H15NO2/c1-8-4-3-5-9(12-2)10(8)13-7-6-11/h3-5H,6-7,11H2,1-2H3. The van der Waals surface area contributed by atoms with Crippen LogP contribution < -0.4 is 15.2 Å². The molecular formula is C10H15NO2. The van der Waals surface area contributed by atoms with Crippen LogP contribution in [-0.4, -0.2) is 20.3 Å². The quantitative estimate of drug-likeness (QED) is 0.762. The first-order valence-corrected chi connectivity index (χ1v) is 4.26. The van der Waals surface area contributed by atoms with Gasteiger partial charge in [0.2, 0.25) is 0 Å². The van der Waals surface area contributed by atoms with Gasteiger partial charge in [0.1, 0.15) is 6.61 Å². The van der Waals surface area contributed by atoms with Crippen molar-refractivity contribution in [2.45, 2.75) is 6.92 Å². The van der Waals surface area contributed by atoms with Gasteiger partial charge in [0, 0.05) is 6.54 Å². The third kappa shape index (κ3) is 2.36. The Hall–Kier alpha value is -1.22. The third-order valence-electron chi connectivity index (χ3n) is 1.76. The minimum Gasteiger partial charge on any atom is -0.493 e. The predicted octanol–water partition coefficient (Wildman–Crippen LogP) is 1.34. The van der Waals surface area contributed by atoms with Crippen LogP contribution in [0.4, 0.5) is 0 Å².